The van der Waals surface area contributed by atoms with Crippen molar-refractivity contribution in [2.45, 2.75) is 6.42 Å². The van der Waals surface area contributed by atoms with Crippen molar-refractivity contribution in [3.05, 3.63) is 0 Å². The van der Waals surface area contributed by atoms with E-state index < -0.39 is 0 Å². The maximum Gasteiger partial charge on any atom is 0.315 e. The topological polar surface area (TPSA) is 52.3 Å². The van der Waals surface area contributed by atoms with Gasteiger partial charge in [-0.25, -0.2) is 0 Å². The van der Waals surface area contributed by atoms with Crippen LogP contribution in [0.25, 0.3) is 0 Å². The molecule has 4 heteroatoms. The van der Waals surface area contributed by atoms with Crippen LogP contribution in [-0.4, -0.2) is 23.5 Å². The first-order valence-corrected chi connectivity index (χ1v) is 4.25. The Hall–Kier alpha value is 0.160. The molecule has 0 atom stereocenters. The van der Waals surface area contributed by atoms with Crippen LogP contribution < -0.4 is 5.73 Å². The minimum absolute atomic E-state index is 0.163. The minimum atomic E-state index is -0.163. The Balaban J connectivity index is 2.97. The van der Waals surface area contributed by atoms with Gasteiger partial charge in [-0.15, -0.1) is 0 Å². The summed E-state index contributed by atoms with van der Waals surface area (Å²) < 4.78 is 5.12. The molecule has 54 valence electrons. The number of carbonyl (C=O) groups excluding carboxylic acids is 1. The maximum atomic E-state index is 10.4. The molecule has 9 heavy (non-hydrogen) atoms. The molecule has 0 radical (unpaired) electrons. The van der Waals surface area contributed by atoms with Crippen LogP contribution in [-0.2, 0) is 9.53 Å². The summed E-state index contributed by atoms with van der Waals surface area (Å²) in [5.41, 5.74) is 5.16. The Morgan fingerprint density at radius 3 is 2.78 bits per heavy atom. The van der Waals surface area contributed by atoms with Crippen molar-refractivity contribution < 1.29 is 9.53 Å². The SMILES string of the molecule is NCCCOC(=O)CI. The van der Waals surface area contributed by atoms with Crippen molar-refractivity contribution in [2.24, 2.45) is 5.73 Å². The first-order chi connectivity index (χ1) is 4.31. The monoisotopic (exact) mass is 243 g/mol. The van der Waals surface area contributed by atoms with Gasteiger partial charge in [0.15, 0.2) is 0 Å². The summed E-state index contributed by atoms with van der Waals surface area (Å²) in [6.45, 7) is 1.03. The van der Waals surface area contributed by atoms with Crippen LogP contribution >= 0.6 is 22.6 Å². The third-order valence-electron chi connectivity index (χ3n) is 0.721. The number of halogens is 1. The van der Waals surface area contributed by atoms with Gasteiger partial charge >= 0.3 is 5.97 Å². The lowest BCUT2D eigenvalue weighted by atomic mass is 10.5. The summed E-state index contributed by atoms with van der Waals surface area (Å²) >= 11 is 1.96. The first kappa shape index (κ1) is 9.16. The van der Waals surface area contributed by atoms with Gasteiger partial charge in [-0.2, -0.15) is 0 Å². The molecule has 0 saturated carbocycles. The van der Waals surface area contributed by atoms with Crippen LogP contribution in [0.15, 0.2) is 0 Å². The standard InChI is InChI=1S/C5H10INO2/c6-4-5(8)9-3-1-2-7/h1-4,7H2. The molecule has 0 aliphatic rings. The van der Waals surface area contributed by atoms with Gasteiger partial charge in [-0.1, -0.05) is 22.6 Å². The molecule has 0 amide bonds. The number of hydrogen-bond donors (Lipinski definition) is 1. The largest absolute Gasteiger partial charge is 0.465 e. The van der Waals surface area contributed by atoms with E-state index >= 15 is 0 Å². The summed E-state index contributed by atoms with van der Waals surface area (Å²) in [5, 5.41) is 0. The van der Waals surface area contributed by atoms with Crippen LogP contribution in [0.1, 0.15) is 6.42 Å². The van der Waals surface area contributed by atoms with Crippen LogP contribution in [0.3, 0.4) is 0 Å². The van der Waals surface area contributed by atoms with Gasteiger partial charge in [-0.3, -0.25) is 4.79 Å². The van der Waals surface area contributed by atoms with E-state index in [0.29, 0.717) is 17.6 Å². The molecule has 0 spiro atoms. The Morgan fingerprint density at radius 1 is 1.67 bits per heavy atom. The van der Waals surface area contributed by atoms with Crippen molar-refractivity contribution in [1.82, 2.24) is 0 Å². The highest BCUT2D eigenvalue weighted by Gasteiger charge is 1.95. The van der Waals surface area contributed by atoms with E-state index in [2.05, 4.69) is 0 Å². The average Bonchev–Trinajstić information content (AvgIpc) is 1.89. The van der Waals surface area contributed by atoms with Crippen LogP contribution in [0.5, 0.6) is 0 Å². The van der Waals surface area contributed by atoms with Gasteiger partial charge < -0.3 is 10.5 Å². The third-order valence-corrected chi connectivity index (χ3v) is 1.34. The second kappa shape index (κ2) is 6.28. The van der Waals surface area contributed by atoms with Crippen molar-refractivity contribution in [1.29, 1.82) is 0 Å². The number of rotatable bonds is 4. The van der Waals surface area contributed by atoms with E-state index in [1.54, 1.807) is 0 Å². The maximum absolute atomic E-state index is 10.4. The number of ether oxygens (including phenoxy) is 1. The van der Waals surface area contributed by atoms with Gasteiger partial charge in [0.2, 0.25) is 0 Å². The summed E-state index contributed by atoms with van der Waals surface area (Å²) in [6.07, 6.45) is 0.752. The zero-order valence-electron chi connectivity index (χ0n) is 5.10. The van der Waals surface area contributed by atoms with Crippen LogP contribution in [0.4, 0.5) is 0 Å². The Morgan fingerprint density at radius 2 is 2.33 bits per heavy atom. The lowest BCUT2D eigenvalue weighted by molar-refractivity contribution is -0.140. The van der Waals surface area contributed by atoms with Gasteiger partial charge in [0.05, 0.1) is 11.0 Å². The fourth-order valence-electron chi connectivity index (χ4n) is 0.308. The molecule has 0 aromatic rings. The molecule has 0 aliphatic heterocycles. The fourth-order valence-corrected chi connectivity index (χ4v) is 0.528. The normalized spacial score (nSPS) is 9.11. The van der Waals surface area contributed by atoms with Crippen molar-refractivity contribution in [3.8, 4) is 0 Å². The molecule has 0 saturated heterocycles. The predicted octanol–water partition coefficient (Wildman–Crippen LogP) is 0.313. The second-order valence-electron chi connectivity index (χ2n) is 1.50. The zero-order valence-corrected chi connectivity index (χ0v) is 7.26. The van der Waals surface area contributed by atoms with Gasteiger partial charge in [0.25, 0.3) is 0 Å². The highest BCUT2D eigenvalue weighted by atomic mass is 127. The number of nitrogens with two attached hydrogens (primary N) is 1. The molecular formula is C5H10INO2. The molecule has 0 fully saturated rings. The quantitative estimate of drug-likeness (QED) is 0.334. The highest BCUT2D eigenvalue weighted by Crippen LogP contribution is 1.86. The Labute approximate surface area is 68.1 Å². The smallest absolute Gasteiger partial charge is 0.315 e. The van der Waals surface area contributed by atoms with E-state index in [1.807, 2.05) is 22.6 Å². The van der Waals surface area contributed by atoms with Crippen LogP contribution in [0.2, 0.25) is 0 Å². The van der Waals surface area contributed by atoms with Gasteiger partial charge in [-0.05, 0) is 13.0 Å². The zero-order chi connectivity index (χ0) is 7.11. The molecule has 3 nitrogen and oxygen atoms in total. The Kier molecular flexibility index (Phi) is 6.39. The van der Waals surface area contributed by atoms with Crippen molar-refractivity contribution in [3.63, 3.8) is 0 Å². The lowest BCUT2D eigenvalue weighted by Gasteiger charge is -1.98. The van der Waals surface area contributed by atoms with Crippen molar-refractivity contribution >= 4 is 28.6 Å². The first-order valence-electron chi connectivity index (χ1n) is 2.73. The molecular weight excluding hydrogens is 233 g/mol. The van der Waals surface area contributed by atoms with E-state index in [1.165, 1.54) is 0 Å². The number of hydrogen-bond acceptors (Lipinski definition) is 3. The molecule has 0 aromatic heterocycles. The van der Waals surface area contributed by atoms with E-state index in [4.69, 9.17) is 10.5 Å². The van der Waals surface area contributed by atoms with Crippen molar-refractivity contribution in [2.75, 3.05) is 17.6 Å². The molecule has 0 heterocycles. The van der Waals surface area contributed by atoms with E-state index in [-0.39, 0.29) is 5.97 Å². The number of carbonyl (C=O) groups is 1. The average molecular weight is 243 g/mol. The summed E-state index contributed by atoms with van der Waals surface area (Å²) in [6, 6.07) is 0. The third kappa shape index (κ3) is 6.04. The molecule has 0 rings (SSSR count). The predicted molar refractivity (Wildman–Crippen MR) is 43.5 cm³/mol. The Bertz CT molecular complexity index is 87.0. The molecule has 0 unspecified atom stereocenters. The highest BCUT2D eigenvalue weighted by molar-refractivity contribution is 14.1. The second-order valence-corrected chi connectivity index (χ2v) is 2.26. The van der Waals surface area contributed by atoms with E-state index in [0.717, 1.165) is 6.42 Å². The molecule has 0 aliphatic carbocycles. The van der Waals surface area contributed by atoms with Gasteiger partial charge in [0.1, 0.15) is 0 Å². The molecule has 2 N–H and O–H groups in total. The molecule has 0 aromatic carbocycles. The summed E-state index contributed by atoms with van der Waals surface area (Å²) in [5.74, 6) is -0.163. The number of esters is 1. The number of alkyl halides is 1. The molecule has 0 bridgehead atoms. The van der Waals surface area contributed by atoms with E-state index in [9.17, 15) is 4.79 Å². The minimum Gasteiger partial charge on any atom is -0.465 e. The summed E-state index contributed by atoms with van der Waals surface area (Å²) in [4.78, 5) is 10.4. The summed E-state index contributed by atoms with van der Waals surface area (Å²) in [7, 11) is 0. The van der Waals surface area contributed by atoms with Crippen LogP contribution in [0, 0.1) is 0 Å². The lowest BCUT2D eigenvalue weighted by Crippen LogP contribution is -2.10. The fraction of sp³-hybridized carbons (Fsp3) is 0.800. The van der Waals surface area contributed by atoms with Gasteiger partial charge in [0, 0.05) is 0 Å².